The Morgan fingerprint density at radius 1 is 1.24 bits per heavy atom. The predicted octanol–water partition coefficient (Wildman–Crippen LogP) is 3.37. The van der Waals surface area contributed by atoms with Crippen molar-refractivity contribution in [2.45, 2.75) is 13.5 Å². The van der Waals surface area contributed by atoms with E-state index in [0.29, 0.717) is 12.1 Å². The molecule has 0 aliphatic carbocycles. The molecule has 0 amide bonds. The average Bonchev–Trinajstić information content (AvgIpc) is 3.09. The molecule has 0 aliphatic heterocycles. The number of para-hydroxylation sites is 1. The summed E-state index contributed by atoms with van der Waals surface area (Å²) in [6, 6.07) is 17.7. The Bertz CT molecular complexity index is 1400. The van der Waals surface area contributed by atoms with Crippen LogP contribution in [0.15, 0.2) is 64.6 Å². The summed E-state index contributed by atoms with van der Waals surface area (Å²) < 4.78 is 3.31. The monoisotopic (exact) mass is 400 g/mol. The van der Waals surface area contributed by atoms with Crippen LogP contribution in [0.2, 0.25) is 0 Å². The van der Waals surface area contributed by atoms with Crippen molar-refractivity contribution in [1.82, 2.24) is 19.4 Å². The molecular weight excluding hydrogens is 384 g/mol. The van der Waals surface area contributed by atoms with E-state index in [1.165, 1.54) is 0 Å². The van der Waals surface area contributed by atoms with Crippen molar-refractivity contribution < 1.29 is 0 Å². The second-order valence-electron chi connectivity index (χ2n) is 6.47. The van der Waals surface area contributed by atoms with Gasteiger partial charge in [0.25, 0.3) is 5.56 Å². The van der Waals surface area contributed by atoms with Gasteiger partial charge in [0.15, 0.2) is 0 Å². The maximum absolute atomic E-state index is 12.3. The minimum absolute atomic E-state index is 0.128. The molecule has 4 aromatic rings. The average molecular weight is 400 g/mol. The van der Waals surface area contributed by atoms with E-state index in [1.54, 1.807) is 13.1 Å². The minimum Gasteiger partial charge on any atom is -0.342 e. The lowest BCUT2D eigenvalue weighted by Crippen LogP contribution is -2.22. The normalized spacial score (nSPS) is 11.2. The van der Waals surface area contributed by atoms with Crippen molar-refractivity contribution in [2.24, 2.45) is 5.10 Å². The molecule has 8 heteroatoms. The van der Waals surface area contributed by atoms with E-state index in [-0.39, 0.29) is 16.0 Å². The molecule has 142 valence electrons. The van der Waals surface area contributed by atoms with Gasteiger partial charge in [0.2, 0.25) is 4.77 Å². The van der Waals surface area contributed by atoms with Gasteiger partial charge in [-0.25, -0.2) is 0 Å². The smallest absolute Gasteiger partial charge is 0.296 e. The van der Waals surface area contributed by atoms with Crippen molar-refractivity contribution in [2.75, 3.05) is 0 Å². The first-order chi connectivity index (χ1) is 14.1. The fourth-order valence-electron chi connectivity index (χ4n) is 3.16. The molecule has 7 nitrogen and oxygen atoms in total. The number of nitriles is 1. The topological polar surface area (TPSA) is 91.8 Å². The van der Waals surface area contributed by atoms with Crippen LogP contribution < -0.4 is 5.56 Å². The quantitative estimate of drug-likeness (QED) is 0.420. The third-order valence-electron chi connectivity index (χ3n) is 4.62. The fourth-order valence-corrected chi connectivity index (χ4v) is 3.33. The summed E-state index contributed by atoms with van der Waals surface area (Å²) in [7, 11) is 0. The number of H-pyrrole nitrogens is 1. The minimum atomic E-state index is -0.364. The summed E-state index contributed by atoms with van der Waals surface area (Å²) in [4.78, 5) is 12.3. The van der Waals surface area contributed by atoms with E-state index in [1.807, 2.05) is 54.7 Å². The van der Waals surface area contributed by atoms with Crippen LogP contribution in [0.4, 0.5) is 0 Å². The molecule has 0 bridgehead atoms. The summed E-state index contributed by atoms with van der Waals surface area (Å²) in [5, 5.41) is 21.1. The van der Waals surface area contributed by atoms with Gasteiger partial charge < -0.3 is 4.57 Å². The highest BCUT2D eigenvalue weighted by atomic mass is 32.1. The van der Waals surface area contributed by atoms with Crippen LogP contribution in [0.25, 0.3) is 10.9 Å². The molecule has 2 aromatic heterocycles. The van der Waals surface area contributed by atoms with Crippen LogP contribution in [0.3, 0.4) is 0 Å². The second-order valence-corrected chi connectivity index (χ2v) is 6.86. The largest absolute Gasteiger partial charge is 0.342 e. The Kier molecular flexibility index (Phi) is 4.89. The zero-order valence-corrected chi connectivity index (χ0v) is 16.3. The summed E-state index contributed by atoms with van der Waals surface area (Å²) in [6.07, 6.45) is 3.56. The predicted molar refractivity (Wildman–Crippen MR) is 114 cm³/mol. The Hall–Kier alpha value is -3.83. The molecule has 2 aromatic carbocycles. The molecule has 0 radical (unpaired) electrons. The molecule has 4 rings (SSSR count). The van der Waals surface area contributed by atoms with Crippen LogP contribution in [-0.4, -0.2) is 25.7 Å². The van der Waals surface area contributed by atoms with Crippen LogP contribution in [0.1, 0.15) is 22.4 Å². The number of hydrogen-bond acceptors (Lipinski definition) is 5. The van der Waals surface area contributed by atoms with Gasteiger partial charge in [0.1, 0.15) is 5.69 Å². The van der Waals surface area contributed by atoms with Crippen molar-refractivity contribution >= 4 is 29.3 Å². The number of rotatable bonds is 4. The lowest BCUT2D eigenvalue weighted by atomic mass is 10.1. The first-order valence-electron chi connectivity index (χ1n) is 8.87. The molecule has 0 saturated heterocycles. The highest BCUT2D eigenvalue weighted by molar-refractivity contribution is 7.71. The molecule has 0 spiro atoms. The molecule has 0 atom stereocenters. The molecule has 0 unspecified atom stereocenters. The first-order valence-corrected chi connectivity index (χ1v) is 9.28. The number of aromatic amines is 1. The van der Waals surface area contributed by atoms with Gasteiger partial charge in [0, 0.05) is 29.2 Å². The van der Waals surface area contributed by atoms with Gasteiger partial charge in [-0.15, -0.1) is 0 Å². The Labute approximate surface area is 171 Å². The van der Waals surface area contributed by atoms with Crippen molar-refractivity contribution in [3.63, 3.8) is 0 Å². The van der Waals surface area contributed by atoms with Crippen LogP contribution in [-0.2, 0) is 6.54 Å². The van der Waals surface area contributed by atoms with Crippen molar-refractivity contribution in [3.05, 3.63) is 92.2 Å². The van der Waals surface area contributed by atoms with E-state index in [4.69, 9.17) is 12.2 Å². The summed E-state index contributed by atoms with van der Waals surface area (Å²) in [5.41, 5.74) is 3.34. The van der Waals surface area contributed by atoms with Gasteiger partial charge in [-0.05, 0) is 36.8 Å². The van der Waals surface area contributed by atoms with Crippen LogP contribution >= 0.6 is 12.2 Å². The lowest BCUT2D eigenvalue weighted by Gasteiger charge is -2.07. The standard InChI is InChI=1S/C21H16N6OS/c1-14-20(28)27(21(29)25-24-14)23-11-17-13-26(19-9-5-4-8-18(17)19)12-16-7-3-2-6-15(16)10-22/h2-9,11,13H,12H2,1H3,(H,25,29)/b23-11-. The Balaban J connectivity index is 1.80. The molecule has 0 saturated carbocycles. The zero-order valence-electron chi connectivity index (χ0n) is 15.5. The summed E-state index contributed by atoms with van der Waals surface area (Å²) >= 11 is 5.13. The third-order valence-corrected chi connectivity index (χ3v) is 4.89. The number of nitrogens with one attached hydrogen (secondary N) is 1. The number of nitrogens with zero attached hydrogens (tertiary/aromatic N) is 5. The number of fused-ring (bicyclic) bond motifs is 1. The van der Waals surface area contributed by atoms with Gasteiger partial charge in [-0.2, -0.15) is 20.1 Å². The summed E-state index contributed by atoms with van der Waals surface area (Å²) in [5.74, 6) is 0. The molecule has 0 fully saturated rings. The molecule has 2 heterocycles. The van der Waals surface area contributed by atoms with E-state index in [2.05, 4.69) is 25.9 Å². The Morgan fingerprint density at radius 2 is 2.00 bits per heavy atom. The van der Waals surface area contributed by atoms with Crippen LogP contribution in [0, 0.1) is 23.0 Å². The van der Waals surface area contributed by atoms with Gasteiger partial charge >= 0.3 is 0 Å². The maximum atomic E-state index is 12.3. The Morgan fingerprint density at radius 3 is 2.83 bits per heavy atom. The highest BCUT2D eigenvalue weighted by Crippen LogP contribution is 2.22. The fraction of sp³-hybridized carbons (Fsp3) is 0.0952. The SMILES string of the molecule is Cc1n[nH]c(=S)n(/N=C\c2cn(Cc3ccccc3C#N)c3ccccc23)c1=O. The van der Waals surface area contributed by atoms with Crippen LogP contribution in [0.5, 0.6) is 0 Å². The summed E-state index contributed by atoms with van der Waals surface area (Å²) in [6.45, 7) is 2.14. The number of aromatic nitrogens is 4. The number of hydrogen-bond donors (Lipinski definition) is 1. The van der Waals surface area contributed by atoms with Gasteiger partial charge in [-0.3, -0.25) is 9.89 Å². The van der Waals surface area contributed by atoms with Gasteiger partial charge in [0.05, 0.1) is 17.8 Å². The number of benzene rings is 2. The third kappa shape index (κ3) is 3.51. The van der Waals surface area contributed by atoms with Gasteiger partial charge in [-0.1, -0.05) is 36.4 Å². The lowest BCUT2D eigenvalue weighted by molar-refractivity contribution is 0.720. The van der Waals surface area contributed by atoms with E-state index < -0.39 is 0 Å². The highest BCUT2D eigenvalue weighted by Gasteiger charge is 2.09. The van der Waals surface area contributed by atoms with E-state index >= 15 is 0 Å². The molecule has 0 aliphatic rings. The zero-order chi connectivity index (χ0) is 20.4. The maximum Gasteiger partial charge on any atom is 0.296 e. The molecular formula is C21H16N6OS. The molecule has 1 N–H and O–H groups in total. The molecule has 29 heavy (non-hydrogen) atoms. The van der Waals surface area contributed by atoms with Crippen molar-refractivity contribution in [1.29, 1.82) is 5.26 Å². The second kappa shape index (κ2) is 7.66. The van der Waals surface area contributed by atoms with Crippen molar-refractivity contribution in [3.8, 4) is 6.07 Å². The first kappa shape index (κ1) is 18.5. The van der Waals surface area contributed by atoms with E-state index in [0.717, 1.165) is 26.7 Å². The van der Waals surface area contributed by atoms with E-state index in [9.17, 15) is 10.1 Å². The number of aryl methyl sites for hydroxylation is 1.